The summed E-state index contributed by atoms with van der Waals surface area (Å²) in [4.78, 5) is 53.2. The number of likely N-dealkylation sites (N-methyl/N-ethyl adjacent to an activating group) is 1. The third-order valence-corrected chi connectivity index (χ3v) is 9.07. The summed E-state index contributed by atoms with van der Waals surface area (Å²) in [5.74, 6) is -2.23. The number of aliphatic hydroxyl groups is 1. The van der Waals surface area contributed by atoms with Crippen LogP contribution in [0.4, 0.5) is 0 Å². The highest BCUT2D eigenvalue weighted by molar-refractivity contribution is 5.96. The number of aliphatic hydroxyl groups excluding tert-OH is 1. The third kappa shape index (κ3) is 11.3. The van der Waals surface area contributed by atoms with E-state index in [4.69, 9.17) is 19.3 Å². The standard InChI is InChI=1S/C40H53N3O8/c1-5-7-9-19-40(20-10-8-6-2)50-34-26-32(38(47)42-27-29-14-12-15-30(24-29)37(46)41-21-22-44)25-33(36(34)51-40)49-39(48)31-16-11-13-28(23-31)17-18-35(45)43(3)4/h11-18,23-24,26,33-34,36,44H,5-10,19-22,25,27H2,1-4H3,(H,41,46)(H,42,47). The van der Waals surface area contributed by atoms with Crippen LogP contribution in [0.2, 0.25) is 0 Å². The zero-order valence-electron chi connectivity index (χ0n) is 30.3. The van der Waals surface area contributed by atoms with Crippen molar-refractivity contribution >= 4 is 29.8 Å². The van der Waals surface area contributed by atoms with Crippen molar-refractivity contribution < 1.29 is 38.5 Å². The van der Waals surface area contributed by atoms with Gasteiger partial charge in [-0.25, -0.2) is 4.79 Å². The summed E-state index contributed by atoms with van der Waals surface area (Å²) in [5, 5.41) is 14.6. The lowest BCUT2D eigenvalue weighted by atomic mass is 9.91. The van der Waals surface area contributed by atoms with Gasteiger partial charge in [0.25, 0.3) is 5.91 Å². The van der Waals surface area contributed by atoms with Crippen molar-refractivity contribution in [1.82, 2.24) is 15.5 Å². The van der Waals surface area contributed by atoms with Crippen molar-refractivity contribution in [2.24, 2.45) is 0 Å². The average Bonchev–Trinajstić information content (AvgIpc) is 3.50. The second-order valence-corrected chi connectivity index (χ2v) is 13.4. The first-order valence-electron chi connectivity index (χ1n) is 18.1. The van der Waals surface area contributed by atoms with Gasteiger partial charge in [0.15, 0.2) is 5.79 Å². The lowest BCUT2D eigenvalue weighted by Crippen LogP contribution is -2.43. The molecule has 1 aliphatic carbocycles. The third-order valence-electron chi connectivity index (χ3n) is 9.07. The van der Waals surface area contributed by atoms with Gasteiger partial charge in [0.1, 0.15) is 18.3 Å². The summed E-state index contributed by atoms with van der Waals surface area (Å²) in [6.07, 6.45) is 10.5. The Balaban J connectivity index is 1.55. The molecule has 11 heteroatoms. The number of nitrogens with one attached hydrogen (secondary N) is 2. The molecule has 276 valence electrons. The normalized spacial score (nSPS) is 19.2. The van der Waals surface area contributed by atoms with Crippen molar-refractivity contribution in [1.29, 1.82) is 0 Å². The molecular formula is C40H53N3O8. The zero-order valence-corrected chi connectivity index (χ0v) is 30.3. The number of fused-ring (bicyclic) bond motifs is 1. The van der Waals surface area contributed by atoms with Crippen LogP contribution in [0.15, 0.2) is 66.3 Å². The van der Waals surface area contributed by atoms with Gasteiger partial charge >= 0.3 is 5.97 Å². The molecule has 51 heavy (non-hydrogen) atoms. The highest BCUT2D eigenvalue weighted by Crippen LogP contribution is 2.43. The van der Waals surface area contributed by atoms with Gasteiger partial charge in [-0.1, -0.05) is 63.8 Å². The van der Waals surface area contributed by atoms with Crippen LogP contribution in [0.1, 0.15) is 103 Å². The molecular weight excluding hydrogens is 650 g/mol. The number of esters is 1. The molecule has 1 heterocycles. The molecule has 4 rings (SSSR count). The van der Waals surface area contributed by atoms with Gasteiger partial charge < -0.3 is 34.9 Å². The van der Waals surface area contributed by atoms with Crippen molar-refractivity contribution in [2.75, 3.05) is 27.2 Å². The van der Waals surface area contributed by atoms with E-state index in [1.165, 1.54) is 11.0 Å². The summed E-state index contributed by atoms with van der Waals surface area (Å²) in [5.41, 5.74) is 2.55. The number of carbonyl (C=O) groups is 4. The van der Waals surface area contributed by atoms with Gasteiger partial charge in [0.05, 0.1) is 12.2 Å². The minimum Gasteiger partial charge on any atom is -0.456 e. The van der Waals surface area contributed by atoms with Crippen LogP contribution in [-0.4, -0.2) is 85.0 Å². The van der Waals surface area contributed by atoms with E-state index in [9.17, 15) is 19.2 Å². The van der Waals surface area contributed by atoms with Crippen molar-refractivity contribution in [2.45, 2.75) is 102 Å². The fourth-order valence-electron chi connectivity index (χ4n) is 6.28. The summed E-state index contributed by atoms with van der Waals surface area (Å²) in [6, 6.07) is 13.7. The van der Waals surface area contributed by atoms with Crippen LogP contribution in [0, 0.1) is 0 Å². The van der Waals surface area contributed by atoms with E-state index in [1.54, 1.807) is 68.7 Å². The number of unbranched alkanes of at least 4 members (excludes halogenated alkanes) is 4. The minimum absolute atomic E-state index is 0.128. The summed E-state index contributed by atoms with van der Waals surface area (Å²) in [6.45, 7) is 4.45. The van der Waals surface area contributed by atoms with E-state index in [2.05, 4.69) is 24.5 Å². The molecule has 1 aliphatic heterocycles. The number of carbonyl (C=O) groups excluding carboxylic acids is 4. The Bertz CT molecular complexity index is 1560. The molecule has 2 aromatic carbocycles. The number of hydrogen-bond donors (Lipinski definition) is 3. The highest BCUT2D eigenvalue weighted by atomic mass is 16.8. The zero-order chi connectivity index (χ0) is 36.8. The maximum absolute atomic E-state index is 13.7. The number of rotatable bonds is 18. The van der Waals surface area contributed by atoms with Crippen LogP contribution in [0.3, 0.4) is 0 Å². The van der Waals surface area contributed by atoms with Crippen molar-refractivity contribution in [3.05, 3.63) is 88.5 Å². The Morgan fingerprint density at radius 3 is 2.31 bits per heavy atom. The summed E-state index contributed by atoms with van der Waals surface area (Å²) < 4.78 is 19.6. The molecule has 0 aromatic heterocycles. The van der Waals surface area contributed by atoms with Gasteiger partial charge in [-0.05, 0) is 60.4 Å². The second kappa shape index (κ2) is 19.3. The second-order valence-electron chi connectivity index (χ2n) is 13.4. The smallest absolute Gasteiger partial charge is 0.338 e. The Hall–Kier alpha value is -4.32. The molecule has 3 atom stereocenters. The number of ether oxygens (including phenoxy) is 3. The molecule has 1 saturated heterocycles. The molecule has 11 nitrogen and oxygen atoms in total. The number of nitrogens with zero attached hydrogens (tertiary/aromatic N) is 1. The quantitative estimate of drug-likeness (QED) is 0.108. The first-order chi connectivity index (χ1) is 24.6. The van der Waals surface area contributed by atoms with Crippen LogP contribution < -0.4 is 10.6 Å². The average molecular weight is 704 g/mol. The van der Waals surface area contributed by atoms with E-state index in [0.29, 0.717) is 35.1 Å². The fraction of sp³-hybridized carbons (Fsp3) is 0.500. The lowest BCUT2D eigenvalue weighted by Gasteiger charge is -2.31. The number of benzene rings is 2. The van der Waals surface area contributed by atoms with Crippen molar-refractivity contribution in [3.8, 4) is 0 Å². The van der Waals surface area contributed by atoms with Crippen molar-refractivity contribution in [3.63, 3.8) is 0 Å². The number of amides is 3. The summed E-state index contributed by atoms with van der Waals surface area (Å²) in [7, 11) is 3.33. The first-order valence-corrected chi connectivity index (χ1v) is 18.1. The molecule has 3 amide bonds. The van der Waals surface area contributed by atoms with Crippen LogP contribution >= 0.6 is 0 Å². The first kappa shape index (κ1) is 39.5. The number of hydrogen-bond acceptors (Lipinski definition) is 8. The van der Waals surface area contributed by atoms with E-state index < -0.39 is 30.1 Å². The largest absolute Gasteiger partial charge is 0.456 e. The molecule has 0 spiro atoms. The Morgan fingerprint density at radius 1 is 0.922 bits per heavy atom. The lowest BCUT2D eigenvalue weighted by molar-refractivity contribution is -0.190. The van der Waals surface area contributed by atoms with Gasteiger partial charge in [0, 0.05) is 63.7 Å². The minimum atomic E-state index is -0.840. The topological polar surface area (TPSA) is 144 Å². The Morgan fingerprint density at radius 2 is 1.63 bits per heavy atom. The van der Waals surface area contributed by atoms with E-state index in [-0.39, 0.29) is 43.8 Å². The molecule has 3 N–H and O–H groups in total. The molecule has 0 saturated carbocycles. The van der Waals surface area contributed by atoms with E-state index in [1.807, 2.05) is 6.07 Å². The van der Waals surface area contributed by atoms with E-state index >= 15 is 0 Å². The Kier molecular flexibility index (Phi) is 15.0. The Labute approximate surface area is 301 Å². The predicted molar refractivity (Wildman–Crippen MR) is 195 cm³/mol. The monoisotopic (exact) mass is 703 g/mol. The van der Waals surface area contributed by atoms with Crippen LogP contribution in [0.25, 0.3) is 6.08 Å². The van der Waals surface area contributed by atoms with Crippen LogP contribution in [-0.2, 0) is 30.3 Å². The maximum atomic E-state index is 13.7. The van der Waals surface area contributed by atoms with E-state index in [0.717, 1.165) is 44.1 Å². The maximum Gasteiger partial charge on any atom is 0.338 e. The summed E-state index contributed by atoms with van der Waals surface area (Å²) >= 11 is 0. The van der Waals surface area contributed by atoms with Gasteiger partial charge in [-0.15, -0.1) is 0 Å². The molecule has 0 bridgehead atoms. The van der Waals surface area contributed by atoms with Gasteiger partial charge in [-0.3, -0.25) is 14.4 Å². The van der Waals surface area contributed by atoms with Crippen LogP contribution in [0.5, 0.6) is 0 Å². The molecule has 2 aliphatic rings. The fourth-order valence-corrected chi connectivity index (χ4v) is 6.28. The molecule has 1 fully saturated rings. The molecule has 3 unspecified atom stereocenters. The molecule has 2 aromatic rings. The SMILES string of the molecule is CCCCCC1(CCCCC)OC2C=C(C(=O)NCc3cccc(C(=O)NCCO)c3)CC(OC(=O)c3cccc(C=CC(=O)N(C)C)c3)C2O1. The predicted octanol–water partition coefficient (Wildman–Crippen LogP) is 5.32. The highest BCUT2D eigenvalue weighted by Gasteiger charge is 2.52. The molecule has 0 radical (unpaired) electrons. The van der Waals surface area contributed by atoms with Gasteiger partial charge in [0.2, 0.25) is 11.8 Å². The van der Waals surface area contributed by atoms with Gasteiger partial charge in [-0.2, -0.15) is 0 Å².